The van der Waals surface area contributed by atoms with Crippen LogP contribution in [0.3, 0.4) is 0 Å². The Balaban J connectivity index is 2.64. The SMILES string of the molecule is CCC(CCC(C)=O)COC(=O)c1ccccc1C(=O)[O-]. The Morgan fingerprint density at radius 1 is 1.19 bits per heavy atom. The van der Waals surface area contributed by atoms with Crippen molar-refractivity contribution in [3.8, 4) is 0 Å². The molecule has 0 radical (unpaired) electrons. The van der Waals surface area contributed by atoms with E-state index < -0.39 is 11.9 Å². The third-order valence-corrected chi connectivity index (χ3v) is 3.30. The van der Waals surface area contributed by atoms with Crippen LogP contribution in [0.25, 0.3) is 0 Å². The Hall–Kier alpha value is -2.17. The largest absolute Gasteiger partial charge is 0.545 e. The van der Waals surface area contributed by atoms with Crippen LogP contribution in [-0.4, -0.2) is 24.3 Å². The highest BCUT2D eigenvalue weighted by atomic mass is 16.5. The number of hydrogen-bond donors (Lipinski definition) is 0. The van der Waals surface area contributed by atoms with Crippen LogP contribution in [0, 0.1) is 5.92 Å². The normalized spacial score (nSPS) is 11.7. The zero-order valence-corrected chi connectivity index (χ0v) is 12.3. The standard InChI is InChI=1S/C16H20O5/c1-3-12(9-8-11(2)17)10-21-16(20)14-7-5-4-6-13(14)15(18)19/h4-7,12H,3,8-10H2,1-2H3,(H,18,19)/p-1. The van der Waals surface area contributed by atoms with Crippen molar-refractivity contribution < 1.29 is 24.2 Å². The topological polar surface area (TPSA) is 83.5 Å². The highest BCUT2D eigenvalue weighted by Gasteiger charge is 2.15. The summed E-state index contributed by atoms with van der Waals surface area (Å²) in [7, 11) is 0. The van der Waals surface area contributed by atoms with Crippen LogP contribution < -0.4 is 5.11 Å². The highest BCUT2D eigenvalue weighted by Crippen LogP contribution is 2.14. The summed E-state index contributed by atoms with van der Waals surface area (Å²) in [5.41, 5.74) is -0.196. The number of carboxylic acid groups (broad SMARTS) is 1. The molecule has 0 heterocycles. The van der Waals surface area contributed by atoms with Crippen molar-refractivity contribution in [1.82, 2.24) is 0 Å². The van der Waals surface area contributed by atoms with Gasteiger partial charge in [0.1, 0.15) is 5.78 Å². The smallest absolute Gasteiger partial charge is 0.338 e. The number of Topliss-reactive ketones (excluding diaryl/α,β-unsaturated/α-hetero) is 1. The monoisotopic (exact) mass is 291 g/mol. The molecule has 1 atom stereocenters. The van der Waals surface area contributed by atoms with Crippen LogP contribution in [0.1, 0.15) is 53.8 Å². The van der Waals surface area contributed by atoms with Crippen molar-refractivity contribution in [2.24, 2.45) is 5.92 Å². The second-order valence-corrected chi connectivity index (χ2v) is 4.95. The van der Waals surface area contributed by atoms with Crippen molar-refractivity contribution in [2.45, 2.75) is 33.1 Å². The Bertz CT molecular complexity index is 521. The van der Waals surface area contributed by atoms with Crippen molar-refractivity contribution in [2.75, 3.05) is 6.61 Å². The van der Waals surface area contributed by atoms with Gasteiger partial charge in [-0.15, -0.1) is 0 Å². The first-order chi connectivity index (χ1) is 9.95. The van der Waals surface area contributed by atoms with Gasteiger partial charge in [-0.25, -0.2) is 4.79 Å². The zero-order valence-electron chi connectivity index (χ0n) is 12.3. The van der Waals surface area contributed by atoms with Gasteiger partial charge in [-0.2, -0.15) is 0 Å². The third kappa shape index (κ3) is 5.38. The van der Waals surface area contributed by atoms with Gasteiger partial charge >= 0.3 is 5.97 Å². The van der Waals surface area contributed by atoms with Gasteiger partial charge < -0.3 is 19.4 Å². The van der Waals surface area contributed by atoms with Crippen molar-refractivity contribution >= 4 is 17.7 Å². The quantitative estimate of drug-likeness (QED) is 0.679. The van der Waals surface area contributed by atoms with Crippen LogP contribution in [0.4, 0.5) is 0 Å². The van der Waals surface area contributed by atoms with Gasteiger partial charge in [-0.05, 0) is 25.3 Å². The summed E-state index contributed by atoms with van der Waals surface area (Å²) < 4.78 is 5.16. The van der Waals surface area contributed by atoms with E-state index in [1.807, 2.05) is 6.92 Å². The van der Waals surface area contributed by atoms with E-state index in [9.17, 15) is 19.5 Å². The molecule has 21 heavy (non-hydrogen) atoms. The van der Waals surface area contributed by atoms with Crippen LogP contribution in [-0.2, 0) is 9.53 Å². The molecule has 0 aromatic heterocycles. The number of carboxylic acids is 1. The van der Waals surface area contributed by atoms with Gasteiger partial charge in [0.2, 0.25) is 0 Å². The van der Waals surface area contributed by atoms with E-state index in [4.69, 9.17) is 4.74 Å². The summed E-state index contributed by atoms with van der Waals surface area (Å²) in [4.78, 5) is 33.9. The molecule has 1 aromatic rings. The molecule has 1 unspecified atom stereocenters. The van der Waals surface area contributed by atoms with Crippen LogP contribution in [0.5, 0.6) is 0 Å². The third-order valence-electron chi connectivity index (χ3n) is 3.30. The molecule has 1 aromatic carbocycles. The molecule has 0 amide bonds. The van der Waals surface area contributed by atoms with E-state index in [1.54, 1.807) is 6.07 Å². The molecule has 1 rings (SSSR count). The van der Waals surface area contributed by atoms with Gasteiger partial charge in [0.05, 0.1) is 18.1 Å². The maximum Gasteiger partial charge on any atom is 0.338 e. The first kappa shape index (κ1) is 16.9. The average molecular weight is 291 g/mol. The number of carbonyl (C=O) groups is 3. The molecule has 0 saturated heterocycles. The Morgan fingerprint density at radius 2 is 1.81 bits per heavy atom. The summed E-state index contributed by atoms with van der Waals surface area (Å²) >= 11 is 0. The van der Waals surface area contributed by atoms with E-state index in [1.165, 1.54) is 25.1 Å². The predicted octanol–water partition coefficient (Wildman–Crippen LogP) is 1.60. The second kappa shape index (κ2) is 8.19. The Kier molecular flexibility index (Phi) is 6.59. The average Bonchev–Trinajstić information content (AvgIpc) is 2.46. The fourth-order valence-corrected chi connectivity index (χ4v) is 1.92. The van der Waals surface area contributed by atoms with Gasteiger partial charge in [-0.3, -0.25) is 0 Å². The molecule has 114 valence electrons. The molecule has 0 spiro atoms. The van der Waals surface area contributed by atoms with Gasteiger partial charge in [-0.1, -0.05) is 31.5 Å². The van der Waals surface area contributed by atoms with Crippen LogP contribution in [0.15, 0.2) is 24.3 Å². The van der Waals surface area contributed by atoms with Gasteiger partial charge in [0.15, 0.2) is 0 Å². The number of carbonyl (C=O) groups excluding carboxylic acids is 3. The highest BCUT2D eigenvalue weighted by molar-refractivity contribution is 6.01. The number of aromatic carboxylic acids is 1. The summed E-state index contributed by atoms with van der Waals surface area (Å²) in [6.45, 7) is 3.65. The van der Waals surface area contributed by atoms with Gasteiger partial charge in [0, 0.05) is 12.0 Å². The molecule has 0 N–H and O–H groups in total. The number of ketones is 1. The minimum absolute atomic E-state index is 0.0149. The van der Waals surface area contributed by atoms with Crippen molar-refractivity contribution in [3.63, 3.8) is 0 Å². The van der Waals surface area contributed by atoms with Crippen molar-refractivity contribution in [1.29, 1.82) is 0 Å². The zero-order chi connectivity index (χ0) is 15.8. The molecule has 0 aliphatic rings. The summed E-state index contributed by atoms with van der Waals surface area (Å²) in [6, 6.07) is 5.78. The Labute approximate surface area is 123 Å². The van der Waals surface area contributed by atoms with Crippen molar-refractivity contribution in [3.05, 3.63) is 35.4 Å². The van der Waals surface area contributed by atoms with Crippen LogP contribution >= 0.6 is 0 Å². The Morgan fingerprint density at radius 3 is 2.33 bits per heavy atom. The lowest BCUT2D eigenvalue weighted by Gasteiger charge is -2.15. The maximum atomic E-state index is 11.9. The number of rotatable bonds is 8. The number of ether oxygens (including phenoxy) is 1. The summed E-state index contributed by atoms with van der Waals surface area (Å²) in [5.74, 6) is -1.91. The summed E-state index contributed by atoms with van der Waals surface area (Å²) in [6.07, 6.45) is 1.88. The number of benzene rings is 1. The van der Waals surface area contributed by atoms with Gasteiger partial charge in [0.25, 0.3) is 0 Å². The summed E-state index contributed by atoms with van der Waals surface area (Å²) in [5, 5.41) is 10.9. The van der Waals surface area contributed by atoms with E-state index in [2.05, 4.69) is 0 Å². The molecule has 0 saturated carbocycles. The lowest BCUT2D eigenvalue weighted by Crippen LogP contribution is -2.25. The molecule has 5 nitrogen and oxygen atoms in total. The number of esters is 1. The minimum atomic E-state index is -1.41. The first-order valence-electron chi connectivity index (χ1n) is 6.92. The number of hydrogen-bond acceptors (Lipinski definition) is 5. The first-order valence-corrected chi connectivity index (χ1v) is 6.92. The molecular weight excluding hydrogens is 272 g/mol. The predicted molar refractivity (Wildman–Crippen MR) is 74.8 cm³/mol. The maximum absolute atomic E-state index is 11.9. The fraction of sp³-hybridized carbons (Fsp3) is 0.438. The van der Waals surface area contributed by atoms with E-state index in [0.717, 1.165) is 6.42 Å². The molecule has 0 bridgehead atoms. The lowest BCUT2D eigenvalue weighted by atomic mass is 10.00. The second-order valence-electron chi connectivity index (χ2n) is 4.95. The van der Waals surface area contributed by atoms with E-state index >= 15 is 0 Å². The molecule has 0 fully saturated rings. The minimum Gasteiger partial charge on any atom is -0.545 e. The van der Waals surface area contributed by atoms with E-state index in [0.29, 0.717) is 12.8 Å². The fourth-order valence-electron chi connectivity index (χ4n) is 1.92. The van der Waals surface area contributed by atoms with E-state index in [-0.39, 0.29) is 29.4 Å². The van der Waals surface area contributed by atoms with Crippen LogP contribution in [0.2, 0.25) is 0 Å². The molecule has 0 aliphatic carbocycles. The lowest BCUT2D eigenvalue weighted by molar-refractivity contribution is -0.255. The molecule has 5 heteroatoms. The molecule has 0 aliphatic heterocycles. The molecular formula is C16H19O5-.